The second-order valence-corrected chi connectivity index (χ2v) is 7.06. The summed E-state index contributed by atoms with van der Waals surface area (Å²) in [6.07, 6.45) is 3.00. The van der Waals surface area contributed by atoms with Crippen molar-refractivity contribution in [3.8, 4) is 5.75 Å². The third kappa shape index (κ3) is 5.73. The van der Waals surface area contributed by atoms with Gasteiger partial charge < -0.3 is 15.2 Å². The molecule has 1 atom stereocenters. The Hall–Kier alpha value is -0.710. The normalized spacial score (nSPS) is 13.3. The number of aliphatic hydroxyl groups is 1. The molecular formula is C16H27NO2S. The van der Waals surface area contributed by atoms with Crippen LogP contribution in [0.1, 0.15) is 32.8 Å². The molecule has 4 heteroatoms. The minimum absolute atomic E-state index is 0.134. The maximum Gasteiger partial charge on any atom is 0.132 e. The van der Waals surface area contributed by atoms with E-state index in [1.807, 2.05) is 12.3 Å². The average Bonchev–Trinajstić information content (AvgIpc) is 2.41. The molecule has 1 unspecified atom stereocenters. The van der Waals surface area contributed by atoms with Crippen molar-refractivity contribution in [2.45, 2.75) is 44.7 Å². The summed E-state index contributed by atoms with van der Waals surface area (Å²) in [5.74, 6) is 0.912. The third-order valence-corrected chi connectivity index (χ3v) is 3.88. The van der Waals surface area contributed by atoms with Crippen LogP contribution in [-0.4, -0.2) is 31.1 Å². The molecule has 0 spiro atoms. The molecule has 0 amide bonds. The summed E-state index contributed by atoms with van der Waals surface area (Å²) in [6, 6.07) is 6.34. The Morgan fingerprint density at radius 2 is 2.05 bits per heavy atom. The van der Waals surface area contributed by atoms with E-state index in [4.69, 9.17) is 4.74 Å². The Bertz CT molecular complexity index is 415. The summed E-state index contributed by atoms with van der Waals surface area (Å²) in [6.45, 7) is 7.51. The van der Waals surface area contributed by atoms with Crippen LogP contribution in [0.25, 0.3) is 0 Å². The number of ether oxygens (including phenoxy) is 1. The van der Waals surface area contributed by atoms with Gasteiger partial charge in [-0.05, 0) is 35.8 Å². The summed E-state index contributed by atoms with van der Waals surface area (Å²) < 4.78 is 5.32. The maximum absolute atomic E-state index is 9.46. The number of aliphatic hydroxyl groups excluding tert-OH is 1. The SMILES string of the molecule is COc1ccc(CNC(CO)CC(C)(C)C)cc1SC. The van der Waals surface area contributed by atoms with E-state index in [2.05, 4.69) is 38.2 Å². The second-order valence-electron chi connectivity index (χ2n) is 6.21. The molecule has 0 saturated heterocycles. The first-order valence-electron chi connectivity index (χ1n) is 6.94. The van der Waals surface area contributed by atoms with Gasteiger partial charge in [0.2, 0.25) is 0 Å². The number of nitrogens with one attached hydrogen (secondary N) is 1. The molecule has 0 aliphatic heterocycles. The van der Waals surface area contributed by atoms with Gasteiger partial charge in [0.15, 0.2) is 0 Å². The molecule has 0 aromatic heterocycles. The van der Waals surface area contributed by atoms with Gasteiger partial charge in [0.1, 0.15) is 5.75 Å². The number of methoxy groups -OCH3 is 1. The van der Waals surface area contributed by atoms with Crippen LogP contribution >= 0.6 is 11.8 Å². The topological polar surface area (TPSA) is 41.5 Å². The fraction of sp³-hybridized carbons (Fsp3) is 0.625. The summed E-state index contributed by atoms with van der Waals surface area (Å²) in [5, 5.41) is 12.9. The van der Waals surface area contributed by atoms with E-state index in [9.17, 15) is 5.11 Å². The molecule has 1 aromatic rings. The van der Waals surface area contributed by atoms with E-state index in [0.29, 0.717) is 0 Å². The first-order valence-corrected chi connectivity index (χ1v) is 8.17. The van der Waals surface area contributed by atoms with Crippen LogP contribution < -0.4 is 10.1 Å². The molecule has 114 valence electrons. The van der Waals surface area contributed by atoms with Crippen LogP contribution in [0.4, 0.5) is 0 Å². The summed E-state index contributed by atoms with van der Waals surface area (Å²) in [5.41, 5.74) is 1.42. The summed E-state index contributed by atoms with van der Waals surface area (Å²) in [4.78, 5) is 1.14. The van der Waals surface area contributed by atoms with Gasteiger partial charge in [0, 0.05) is 17.5 Å². The summed E-state index contributed by atoms with van der Waals surface area (Å²) in [7, 11) is 1.69. The molecule has 0 bridgehead atoms. The Labute approximate surface area is 127 Å². The van der Waals surface area contributed by atoms with Gasteiger partial charge >= 0.3 is 0 Å². The average molecular weight is 297 g/mol. The van der Waals surface area contributed by atoms with Crippen molar-refractivity contribution >= 4 is 11.8 Å². The Kier molecular flexibility index (Phi) is 6.86. The van der Waals surface area contributed by atoms with Crippen molar-refractivity contribution in [2.24, 2.45) is 5.41 Å². The van der Waals surface area contributed by atoms with Crippen LogP contribution in [-0.2, 0) is 6.54 Å². The lowest BCUT2D eigenvalue weighted by Gasteiger charge is -2.25. The monoisotopic (exact) mass is 297 g/mol. The minimum Gasteiger partial charge on any atom is -0.496 e. The van der Waals surface area contributed by atoms with Gasteiger partial charge in [-0.3, -0.25) is 0 Å². The van der Waals surface area contributed by atoms with Crippen LogP contribution in [0.15, 0.2) is 23.1 Å². The van der Waals surface area contributed by atoms with E-state index in [1.165, 1.54) is 5.56 Å². The molecule has 0 fully saturated rings. The van der Waals surface area contributed by atoms with E-state index >= 15 is 0 Å². The first-order chi connectivity index (χ1) is 9.39. The van der Waals surface area contributed by atoms with Gasteiger partial charge in [-0.2, -0.15) is 0 Å². The van der Waals surface area contributed by atoms with Crippen molar-refractivity contribution in [2.75, 3.05) is 20.0 Å². The molecule has 2 N–H and O–H groups in total. The van der Waals surface area contributed by atoms with Gasteiger partial charge in [0.25, 0.3) is 0 Å². The maximum atomic E-state index is 9.46. The predicted octanol–water partition coefficient (Wildman–Crippen LogP) is 3.30. The fourth-order valence-corrected chi connectivity index (χ4v) is 2.82. The van der Waals surface area contributed by atoms with Gasteiger partial charge in [-0.1, -0.05) is 26.8 Å². The van der Waals surface area contributed by atoms with Gasteiger partial charge in [-0.15, -0.1) is 11.8 Å². The van der Waals surface area contributed by atoms with Crippen molar-refractivity contribution < 1.29 is 9.84 Å². The molecule has 0 radical (unpaired) electrons. The number of thioether (sulfide) groups is 1. The Morgan fingerprint density at radius 3 is 2.55 bits per heavy atom. The van der Waals surface area contributed by atoms with Gasteiger partial charge in [-0.25, -0.2) is 0 Å². The largest absolute Gasteiger partial charge is 0.496 e. The van der Waals surface area contributed by atoms with Crippen molar-refractivity contribution in [1.29, 1.82) is 0 Å². The standard InChI is InChI=1S/C16H27NO2S/c1-16(2,3)9-13(11-18)17-10-12-6-7-14(19-4)15(8-12)20-5/h6-8,13,17-18H,9-11H2,1-5H3. The van der Waals surface area contributed by atoms with Gasteiger partial charge in [0.05, 0.1) is 13.7 Å². The minimum atomic E-state index is 0.134. The molecule has 0 aliphatic carbocycles. The summed E-state index contributed by atoms with van der Waals surface area (Å²) >= 11 is 1.68. The van der Waals surface area contributed by atoms with E-state index in [0.717, 1.165) is 23.6 Å². The molecule has 0 saturated carbocycles. The molecule has 3 nitrogen and oxygen atoms in total. The highest BCUT2D eigenvalue weighted by Crippen LogP contribution is 2.28. The van der Waals surface area contributed by atoms with E-state index < -0.39 is 0 Å². The van der Waals surface area contributed by atoms with Crippen LogP contribution in [0.3, 0.4) is 0 Å². The van der Waals surface area contributed by atoms with E-state index in [-0.39, 0.29) is 18.1 Å². The van der Waals surface area contributed by atoms with Crippen molar-refractivity contribution in [1.82, 2.24) is 5.32 Å². The fourth-order valence-electron chi connectivity index (χ4n) is 2.19. The zero-order valence-corrected chi connectivity index (χ0v) is 14.0. The number of benzene rings is 1. The third-order valence-electron chi connectivity index (χ3n) is 3.12. The quantitative estimate of drug-likeness (QED) is 0.758. The number of rotatable bonds is 7. The zero-order chi connectivity index (χ0) is 15.2. The highest BCUT2D eigenvalue weighted by molar-refractivity contribution is 7.98. The highest BCUT2D eigenvalue weighted by Gasteiger charge is 2.17. The molecule has 1 rings (SSSR count). The zero-order valence-electron chi connectivity index (χ0n) is 13.2. The van der Waals surface area contributed by atoms with Crippen LogP contribution in [0.2, 0.25) is 0 Å². The number of hydrogen-bond acceptors (Lipinski definition) is 4. The van der Waals surface area contributed by atoms with Crippen LogP contribution in [0, 0.1) is 5.41 Å². The lowest BCUT2D eigenvalue weighted by atomic mass is 9.88. The highest BCUT2D eigenvalue weighted by atomic mass is 32.2. The van der Waals surface area contributed by atoms with Crippen molar-refractivity contribution in [3.05, 3.63) is 23.8 Å². The molecule has 1 aromatic carbocycles. The van der Waals surface area contributed by atoms with E-state index in [1.54, 1.807) is 18.9 Å². The predicted molar refractivity (Wildman–Crippen MR) is 86.6 cm³/mol. The molecule has 0 heterocycles. The smallest absolute Gasteiger partial charge is 0.132 e. The lowest BCUT2D eigenvalue weighted by Crippen LogP contribution is -2.35. The van der Waals surface area contributed by atoms with Crippen molar-refractivity contribution in [3.63, 3.8) is 0 Å². The van der Waals surface area contributed by atoms with Crippen LogP contribution in [0.5, 0.6) is 5.75 Å². The lowest BCUT2D eigenvalue weighted by molar-refractivity contribution is 0.198. The first kappa shape index (κ1) is 17.3. The Morgan fingerprint density at radius 1 is 1.35 bits per heavy atom. The molecule has 0 aliphatic rings. The molecule has 20 heavy (non-hydrogen) atoms. The number of hydrogen-bond donors (Lipinski definition) is 2. The Balaban J connectivity index is 2.64. The second kappa shape index (κ2) is 7.91. The molecular weight excluding hydrogens is 270 g/mol.